The average molecular weight is 394 g/mol. The SMILES string of the molecule is OCC[C@@H]1CN(Cc2cn[nH]c2-c2ccc(F)cc2)CCN1Cc1ccccc1. The van der Waals surface area contributed by atoms with E-state index in [0.29, 0.717) is 6.04 Å². The average Bonchev–Trinajstić information content (AvgIpc) is 3.19. The Balaban J connectivity index is 1.43. The molecule has 1 aromatic heterocycles. The Morgan fingerprint density at radius 1 is 1.03 bits per heavy atom. The topological polar surface area (TPSA) is 55.4 Å². The van der Waals surface area contributed by atoms with Crippen molar-refractivity contribution in [2.45, 2.75) is 25.6 Å². The number of aliphatic hydroxyl groups is 1. The fraction of sp³-hybridized carbons (Fsp3) is 0.348. The van der Waals surface area contributed by atoms with Crippen LogP contribution < -0.4 is 0 Å². The minimum atomic E-state index is -0.240. The molecule has 0 aliphatic carbocycles. The molecule has 0 spiro atoms. The Bertz CT molecular complexity index is 897. The molecule has 0 radical (unpaired) electrons. The van der Waals surface area contributed by atoms with Crippen LogP contribution in [0.4, 0.5) is 4.39 Å². The highest BCUT2D eigenvalue weighted by molar-refractivity contribution is 5.62. The fourth-order valence-corrected chi connectivity index (χ4v) is 4.09. The van der Waals surface area contributed by atoms with Gasteiger partial charge in [0.2, 0.25) is 0 Å². The summed E-state index contributed by atoms with van der Waals surface area (Å²) in [6.45, 7) is 4.71. The molecule has 0 amide bonds. The van der Waals surface area contributed by atoms with Gasteiger partial charge in [0, 0.05) is 56.5 Å². The van der Waals surface area contributed by atoms with Gasteiger partial charge >= 0.3 is 0 Å². The maximum absolute atomic E-state index is 13.3. The molecule has 6 heteroatoms. The first-order valence-corrected chi connectivity index (χ1v) is 10.1. The van der Waals surface area contributed by atoms with Crippen molar-refractivity contribution in [3.63, 3.8) is 0 Å². The summed E-state index contributed by atoms with van der Waals surface area (Å²) >= 11 is 0. The first-order chi connectivity index (χ1) is 14.2. The third-order valence-electron chi connectivity index (χ3n) is 5.62. The Hall–Kier alpha value is -2.54. The molecule has 4 rings (SSSR count). The number of aromatic nitrogens is 2. The van der Waals surface area contributed by atoms with Gasteiger partial charge in [0.1, 0.15) is 5.82 Å². The predicted molar refractivity (Wildman–Crippen MR) is 112 cm³/mol. The summed E-state index contributed by atoms with van der Waals surface area (Å²) in [5.41, 5.74) is 4.29. The number of piperazine rings is 1. The van der Waals surface area contributed by atoms with Crippen molar-refractivity contribution in [1.29, 1.82) is 0 Å². The molecule has 1 atom stereocenters. The summed E-state index contributed by atoms with van der Waals surface area (Å²) in [4.78, 5) is 4.89. The van der Waals surface area contributed by atoms with Crippen molar-refractivity contribution in [2.24, 2.45) is 0 Å². The molecule has 0 unspecified atom stereocenters. The minimum Gasteiger partial charge on any atom is -0.396 e. The number of halogens is 1. The number of benzene rings is 2. The summed E-state index contributed by atoms with van der Waals surface area (Å²) in [5.74, 6) is -0.240. The molecule has 29 heavy (non-hydrogen) atoms. The lowest BCUT2D eigenvalue weighted by molar-refractivity contribution is 0.0500. The van der Waals surface area contributed by atoms with Crippen LogP contribution in [0.25, 0.3) is 11.3 Å². The van der Waals surface area contributed by atoms with Gasteiger partial charge in [-0.15, -0.1) is 0 Å². The second kappa shape index (κ2) is 9.31. The lowest BCUT2D eigenvalue weighted by Crippen LogP contribution is -2.52. The van der Waals surface area contributed by atoms with Gasteiger partial charge in [-0.25, -0.2) is 4.39 Å². The van der Waals surface area contributed by atoms with Crippen molar-refractivity contribution < 1.29 is 9.50 Å². The summed E-state index contributed by atoms with van der Waals surface area (Å²) in [7, 11) is 0. The van der Waals surface area contributed by atoms with E-state index in [1.807, 2.05) is 12.3 Å². The number of H-pyrrole nitrogens is 1. The molecular formula is C23H27FN4O. The number of aliphatic hydroxyl groups excluding tert-OH is 1. The highest BCUT2D eigenvalue weighted by Gasteiger charge is 2.27. The van der Waals surface area contributed by atoms with E-state index in [1.54, 1.807) is 12.1 Å². The summed E-state index contributed by atoms with van der Waals surface area (Å²) in [6, 6.07) is 17.3. The van der Waals surface area contributed by atoms with E-state index in [2.05, 4.69) is 44.3 Å². The first kappa shape index (κ1) is 19.8. The number of hydrogen-bond donors (Lipinski definition) is 2. The number of nitrogens with one attached hydrogen (secondary N) is 1. The van der Waals surface area contributed by atoms with E-state index in [4.69, 9.17) is 0 Å². The van der Waals surface area contributed by atoms with Crippen LogP contribution in [-0.2, 0) is 13.1 Å². The van der Waals surface area contributed by atoms with E-state index in [-0.39, 0.29) is 12.4 Å². The molecular weight excluding hydrogens is 367 g/mol. The lowest BCUT2D eigenvalue weighted by atomic mass is 10.0. The summed E-state index contributed by atoms with van der Waals surface area (Å²) in [6.07, 6.45) is 2.62. The predicted octanol–water partition coefficient (Wildman–Crippen LogP) is 3.28. The van der Waals surface area contributed by atoms with Gasteiger partial charge in [-0.2, -0.15) is 5.10 Å². The standard InChI is InChI=1S/C23H27FN4O/c24-21-8-6-19(7-9-21)23-20(14-25-26-23)16-27-11-12-28(22(17-27)10-13-29)15-18-4-2-1-3-5-18/h1-9,14,22,29H,10-13,15-17H2,(H,25,26)/t22-/m1/s1. The number of rotatable bonds is 7. The summed E-state index contributed by atoms with van der Waals surface area (Å²) < 4.78 is 13.3. The number of nitrogens with zero attached hydrogens (tertiary/aromatic N) is 3. The molecule has 2 N–H and O–H groups in total. The Labute approximate surface area is 170 Å². The van der Waals surface area contributed by atoms with Gasteiger partial charge in [0.05, 0.1) is 11.9 Å². The van der Waals surface area contributed by atoms with Crippen LogP contribution >= 0.6 is 0 Å². The van der Waals surface area contributed by atoms with Crippen LogP contribution in [0.5, 0.6) is 0 Å². The molecule has 1 aliphatic heterocycles. The quantitative estimate of drug-likeness (QED) is 0.646. The number of hydrogen-bond acceptors (Lipinski definition) is 4. The van der Waals surface area contributed by atoms with Crippen molar-refractivity contribution in [1.82, 2.24) is 20.0 Å². The van der Waals surface area contributed by atoms with Crippen LogP contribution in [0.15, 0.2) is 60.8 Å². The van der Waals surface area contributed by atoms with Crippen LogP contribution in [0.1, 0.15) is 17.5 Å². The molecule has 2 aromatic carbocycles. The van der Waals surface area contributed by atoms with Gasteiger partial charge in [0.15, 0.2) is 0 Å². The highest BCUT2D eigenvalue weighted by Crippen LogP contribution is 2.24. The zero-order chi connectivity index (χ0) is 20.1. The Morgan fingerprint density at radius 3 is 2.59 bits per heavy atom. The third-order valence-corrected chi connectivity index (χ3v) is 5.62. The maximum atomic E-state index is 13.3. The van der Waals surface area contributed by atoms with E-state index >= 15 is 0 Å². The molecule has 1 saturated heterocycles. The van der Waals surface area contributed by atoms with Gasteiger partial charge in [-0.05, 0) is 36.2 Å². The smallest absolute Gasteiger partial charge is 0.123 e. The van der Waals surface area contributed by atoms with Gasteiger partial charge < -0.3 is 5.11 Å². The van der Waals surface area contributed by atoms with E-state index < -0.39 is 0 Å². The molecule has 1 fully saturated rings. The Kier molecular flexibility index (Phi) is 6.34. The molecule has 2 heterocycles. The zero-order valence-corrected chi connectivity index (χ0v) is 16.5. The fourth-order valence-electron chi connectivity index (χ4n) is 4.09. The van der Waals surface area contributed by atoms with Crippen molar-refractivity contribution in [3.8, 4) is 11.3 Å². The van der Waals surface area contributed by atoms with E-state index in [9.17, 15) is 9.50 Å². The second-order valence-electron chi connectivity index (χ2n) is 7.63. The van der Waals surface area contributed by atoms with E-state index in [1.165, 1.54) is 17.7 Å². The Morgan fingerprint density at radius 2 is 1.83 bits per heavy atom. The second-order valence-corrected chi connectivity index (χ2v) is 7.63. The monoisotopic (exact) mass is 394 g/mol. The summed E-state index contributed by atoms with van der Waals surface area (Å²) in [5, 5.41) is 16.8. The number of aromatic amines is 1. The van der Waals surface area contributed by atoms with Gasteiger partial charge in [0.25, 0.3) is 0 Å². The van der Waals surface area contributed by atoms with Crippen LogP contribution in [0.3, 0.4) is 0 Å². The van der Waals surface area contributed by atoms with Crippen molar-refractivity contribution in [3.05, 3.63) is 77.7 Å². The minimum absolute atomic E-state index is 0.191. The maximum Gasteiger partial charge on any atom is 0.123 e. The van der Waals surface area contributed by atoms with Gasteiger partial charge in [-0.3, -0.25) is 14.9 Å². The van der Waals surface area contributed by atoms with Crippen molar-refractivity contribution >= 4 is 0 Å². The van der Waals surface area contributed by atoms with E-state index in [0.717, 1.165) is 56.0 Å². The highest BCUT2D eigenvalue weighted by atomic mass is 19.1. The molecule has 152 valence electrons. The molecule has 0 saturated carbocycles. The molecule has 3 aromatic rings. The van der Waals surface area contributed by atoms with Crippen LogP contribution in [-0.4, -0.2) is 57.4 Å². The normalized spacial score (nSPS) is 18.2. The molecule has 1 aliphatic rings. The van der Waals surface area contributed by atoms with Gasteiger partial charge in [-0.1, -0.05) is 30.3 Å². The molecule has 5 nitrogen and oxygen atoms in total. The third kappa shape index (κ3) is 4.90. The van der Waals surface area contributed by atoms with Crippen LogP contribution in [0, 0.1) is 5.82 Å². The molecule has 0 bridgehead atoms. The largest absolute Gasteiger partial charge is 0.396 e. The zero-order valence-electron chi connectivity index (χ0n) is 16.5. The van der Waals surface area contributed by atoms with Crippen LogP contribution in [0.2, 0.25) is 0 Å². The first-order valence-electron chi connectivity index (χ1n) is 10.1. The van der Waals surface area contributed by atoms with Crippen molar-refractivity contribution in [2.75, 3.05) is 26.2 Å². The lowest BCUT2D eigenvalue weighted by Gasteiger charge is -2.41.